The predicted octanol–water partition coefficient (Wildman–Crippen LogP) is 2.54. The van der Waals surface area contributed by atoms with E-state index in [0.29, 0.717) is 4.47 Å². The summed E-state index contributed by atoms with van der Waals surface area (Å²) >= 11 is 3.38. The number of halogens is 2. The minimum absolute atomic E-state index is 0. The molecule has 1 aliphatic heterocycles. The van der Waals surface area contributed by atoms with Crippen molar-refractivity contribution in [3.8, 4) is 5.75 Å². The van der Waals surface area contributed by atoms with Crippen LogP contribution < -0.4 is 5.32 Å². The number of phenolic OH excluding ortho intramolecular Hbond substituents is 1. The molecule has 1 fully saturated rings. The first-order valence-electron chi connectivity index (χ1n) is 7.00. The largest absolute Gasteiger partial charge is 0.507 e. The van der Waals surface area contributed by atoms with Gasteiger partial charge in [0.05, 0.1) is 4.47 Å². The number of aliphatic hydroxyl groups is 1. The van der Waals surface area contributed by atoms with Gasteiger partial charge in [0.2, 0.25) is 0 Å². The van der Waals surface area contributed by atoms with Crippen LogP contribution in [0.1, 0.15) is 25.5 Å². The standard InChI is InChI=1S/C15H23BrN2O2.ClH/c1-15(2,10-19)14(18-7-5-17-6-8-18)11-3-4-13(20)12(16)9-11;/h3-4,9,14,17,19-20H,5-8,10H2,1-2H3;1H/t14-;/m1./s1. The number of phenols is 1. The van der Waals surface area contributed by atoms with Crippen molar-refractivity contribution < 1.29 is 10.2 Å². The van der Waals surface area contributed by atoms with Gasteiger partial charge in [-0.05, 0) is 33.6 Å². The van der Waals surface area contributed by atoms with Crippen LogP contribution in [0, 0.1) is 5.41 Å². The summed E-state index contributed by atoms with van der Waals surface area (Å²) in [6.07, 6.45) is 0. The Bertz CT molecular complexity index is 465. The monoisotopic (exact) mass is 378 g/mol. The topological polar surface area (TPSA) is 55.7 Å². The van der Waals surface area contributed by atoms with Crippen LogP contribution >= 0.6 is 28.3 Å². The molecule has 1 saturated heterocycles. The van der Waals surface area contributed by atoms with Crippen molar-refractivity contribution in [2.24, 2.45) is 5.41 Å². The van der Waals surface area contributed by atoms with Gasteiger partial charge in [-0.15, -0.1) is 12.4 Å². The van der Waals surface area contributed by atoms with Crippen LogP contribution in [0.15, 0.2) is 22.7 Å². The molecule has 0 radical (unpaired) electrons. The Morgan fingerprint density at radius 2 is 1.95 bits per heavy atom. The highest BCUT2D eigenvalue weighted by molar-refractivity contribution is 9.10. The fraction of sp³-hybridized carbons (Fsp3) is 0.600. The average Bonchev–Trinajstić information content (AvgIpc) is 2.44. The number of benzene rings is 1. The van der Waals surface area contributed by atoms with Gasteiger partial charge >= 0.3 is 0 Å². The fourth-order valence-electron chi connectivity index (χ4n) is 2.88. The van der Waals surface area contributed by atoms with Crippen molar-refractivity contribution in [2.45, 2.75) is 19.9 Å². The summed E-state index contributed by atoms with van der Waals surface area (Å²) in [5, 5.41) is 22.8. The average molecular weight is 380 g/mol. The molecule has 0 saturated carbocycles. The van der Waals surface area contributed by atoms with E-state index in [1.54, 1.807) is 6.07 Å². The second-order valence-electron chi connectivity index (χ2n) is 6.05. The van der Waals surface area contributed by atoms with Gasteiger partial charge in [0, 0.05) is 44.2 Å². The third-order valence-electron chi connectivity index (χ3n) is 3.95. The molecular weight excluding hydrogens is 356 g/mol. The van der Waals surface area contributed by atoms with Crippen molar-refractivity contribution in [1.29, 1.82) is 0 Å². The molecule has 1 aliphatic rings. The summed E-state index contributed by atoms with van der Waals surface area (Å²) in [5.74, 6) is 0.245. The number of hydrogen-bond acceptors (Lipinski definition) is 4. The van der Waals surface area contributed by atoms with Gasteiger partial charge < -0.3 is 15.5 Å². The summed E-state index contributed by atoms with van der Waals surface area (Å²) in [5.41, 5.74) is 0.879. The number of aromatic hydroxyl groups is 1. The molecule has 4 nitrogen and oxygen atoms in total. The Hall–Kier alpha value is -0.330. The first-order chi connectivity index (χ1) is 9.45. The number of rotatable bonds is 4. The molecule has 21 heavy (non-hydrogen) atoms. The van der Waals surface area contributed by atoms with Crippen molar-refractivity contribution in [1.82, 2.24) is 10.2 Å². The molecule has 1 aromatic rings. The first kappa shape index (κ1) is 18.7. The zero-order valence-corrected chi connectivity index (χ0v) is 14.9. The lowest BCUT2D eigenvalue weighted by Gasteiger charge is -2.43. The van der Waals surface area contributed by atoms with Crippen LogP contribution in [-0.2, 0) is 0 Å². The lowest BCUT2D eigenvalue weighted by Crippen LogP contribution is -2.49. The molecule has 1 atom stereocenters. The van der Waals surface area contributed by atoms with E-state index in [4.69, 9.17) is 0 Å². The van der Waals surface area contributed by atoms with Crippen LogP contribution in [0.4, 0.5) is 0 Å². The van der Waals surface area contributed by atoms with Crippen LogP contribution in [-0.4, -0.2) is 47.9 Å². The second-order valence-corrected chi connectivity index (χ2v) is 6.90. The molecule has 3 N–H and O–H groups in total. The van der Waals surface area contributed by atoms with Gasteiger partial charge in [-0.2, -0.15) is 0 Å². The van der Waals surface area contributed by atoms with E-state index in [9.17, 15) is 10.2 Å². The quantitative estimate of drug-likeness (QED) is 0.752. The zero-order valence-electron chi connectivity index (χ0n) is 12.5. The van der Waals surface area contributed by atoms with Gasteiger partial charge in [0.1, 0.15) is 5.75 Å². The van der Waals surface area contributed by atoms with Crippen molar-refractivity contribution in [3.63, 3.8) is 0 Å². The molecular formula is C15H24BrClN2O2. The summed E-state index contributed by atoms with van der Waals surface area (Å²) in [4.78, 5) is 2.41. The number of nitrogens with zero attached hydrogens (tertiary/aromatic N) is 1. The van der Waals surface area contributed by atoms with E-state index in [0.717, 1.165) is 31.7 Å². The van der Waals surface area contributed by atoms with E-state index in [1.165, 1.54) is 0 Å². The maximum atomic E-state index is 9.78. The minimum atomic E-state index is -0.242. The van der Waals surface area contributed by atoms with Crippen molar-refractivity contribution in [2.75, 3.05) is 32.8 Å². The van der Waals surface area contributed by atoms with E-state index >= 15 is 0 Å². The third kappa shape index (κ3) is 4.33. The molecule has 0 aliphatic carbocycles. The number of piperazine rings is 1. The summed E-state index contributed by atoms with van der Waals surface area (Å²) < 4.78 is 0.698. The molecule has 0 aromatic heterocycles. The highest BCUT2D eigenvalue weighted by Crippen LogP contribution is 2.40. The maximum Gasteiger partial charge on any atom is 0.129 e. The number of nitrogens with one attached hydrogen (secondary N) is 1. The maximum absolute atomic E-state index is 9.78. The van der Waals surface area contributed by atoms with Gasteiger partial charge in [-0.1, -0.05) is 19.9 Å². The normalized spacial score (nSPS) is 18.1. The highest BCUT2D eigenvalue weighted by atomic mass is 79.9. The second kappa shape index (κ2) is 7.79. The van der Waals surface area contributed by atoms with Gasteiger partial charge in [-0.25, -0.2) is 0 Å². The number of hydrogen-bond donors (Lipinski definition) is 3. The Morgan fingerprint density at radius 1 is 1.33 bits per heavy atom. The van der Waals surface area contributed by atoms with Crippen LogP contribution in [0.5, 0.6) is 5.75 Å². The molecule has 1 heterocycles. The lowest BCUT2D eigenvalue weighted by molar-refractivity contribution is 0.0305. The Morgan fingerprint density at radius 3 is 2.48 bits per heavy atom. The molecule has 0 spiro atoms. The number of aliphatic hydroxyl groups excluding tert-OH is 1. The van der Waals surface area contributed by atoms with Crippen LogP contribution in [0.25, 0.3) is 0 Å². The SMILES string of the molecule is CC(C)(CO)[C@@H](c1ccc(O)c(Br)c1)N1CCNCC1.Cl. The van der Waals surface area contributed by atoms with E-state index < -0.39 is 0 Å². The third-order valence-corrected chi connectivity index (χ3v) is 4.59. The molecule has 0 bridgehead atoms. The van der Waals surface area contributed by atoms with Gasteiger partial charge in [0.25, 0.3) is 0 Å². The summed E-state index contributed by atoms with van der Waals surface area (Å²) in [6.45, 7) is 8.16. The smallest absolute Gasteiger partial charge is 0.129 e. The van der Waals surface area contributed by atoms with Crippen molar-refractivity contribution >= 4 is 28.3 Å². The molecule has 2 rings (SSSR count). The van der Waals surface area contributed by atoms with E-state index in [-0.39, 0.29) is 36.2 Å². The van der Waals surface area contributed by atoms with Crippen LogP contribution in [0.3, 0.4) is 0 Å². The van der Waals surface area contributed by atoms with E-state index in [2.05, 4.69) is 40.0 Å². The van der Waals surface area contributed by atoms with Crippen molar-refractivity contribution in [3.05, 3.63) is 28.2 Å². The first-order valence-corrected chi connectivity index (χ1v) is 7.79. The minimum Gasteiger partial charge on any atom is -0.507 e. The molecule has 0 unspecified atom stereocenters. The Labute approximate surface area is 141 Å². The molecule has 120 valence electrons. The predicted molar refractivity (Wildman–Crippen MR) is 91.1 cm³/mol. The Kier molecular flexibility index (Phi) is 6.94. The molecule has 6 heteroatoms. The van der Waals surface area contributed by atoms with Gasteiger partial charge in [0.15, 0.2) is 0 Å². The van der Waals surface area contributed by atoms with E-state index in [1.807, 2.05) is 12.1 Å². The summed E-state index contributed by atoms with van der Waals surface area (Å²) in [7, 11) is 0. The lowest BCUT2D eigenvalue weighted by atomic mass is 9.79. The van der Waals surface area contributed by atoms with Gasteiger partial charge in [-0.3, -0.25) is 4.90 Å². The molecule has 1 aromatic carbocycles. The summed E-state index contributed by atoms with van der Waals surface area (Å²) in [6, 6.07) is 5.75. The fourth-order valence-corrected chi connectivity index (χ4v) is 3.27. The zero-order chi connectivity index (χ0) is 14.8. The highest BCUT2D eigenvalue weighted by Gasteiger charge is 2.35. The van der Waals surface area contributed by atoms with Crippen LogP contribution in [0.2, 0.25) is 0 Å². The Balaban J connectivity index is 0.00000220. The molecule has 0 amide bonds.